The molecule has 14 heavy (non-hydrogen) atoms. The van der Waals surface area contributed by atoms with Gasteiger partial charge in [0.05, 0.1) is 5.02 Å². The highest BCUT2D eigenvalue weighted by Gasteiger charge is 2.07. The van der Waals surface area contributed by atoms with E-state index in [-0.39, 0.29) is 23.2 Å². The molecule has 0 aliphatic heterocycles. The molecule has 0 atom stereocenters. The van der Waals surface area contributed by atoms with Gasteiger partial charge in [-0.1, -0.05) is 22.8 Å². The Kier molecular flexibility index (Phi) is 3.53. The van der Waals surface area contributed by atoms with Crippen LogP contribution in [0.5, 0.6) is 5.75 Å². The van der Waals surface area contributed by atoms with Crippen molar-refractivity contribution in [2.75, 3.05) is 6.61 Å². The minimum atomic E-state index is -0.667. The molecule has 0 aromatic heterocycles. The molecule has 0 saturated heterocycles. The topological polar surface area (TPSA) is 67.8 Å². The molecule has 1 rings (SSSR count). The third kappa shape index (κ3) is 2.50. The lowest BCUT2D eigenvalue weighted by Crippen LogP contribution is -2.21. The molecule has 76 valence electrons. The van der Waals surface area contributed by atoms with Crippen LogP contribution in [-0.4, -0.2) is 17.6 Å². The Bertz CT molecular complexity index is 357. The fraction of sp³-hybridized carbons (Fsp3) is 0.125. The fourth-order valence-electron chi connectivity index (χ4n) is 0.776. The van der Waals surface area contributed by atoms with Crippen molar-refractivity contribution in [3.05, 3.63) is 29.0 Å². The molecule has 6 heteroatoms. The Morgan fingerprint density at radius 3 is 3.00 bits per heavy atom. The molecule has 0 heterocycles. The lowest BCUT2D eigenvalue weighted by molar-refractivity contribution is 0.303. The fourth-order valence-corrected chi connectivity index (χ4v) is 0.942. The van der Waals surface area contributed by atoms with Crippen molar-refractivity contribution in [1.29, 1.82) is 0 Å². The zero-order valence-electron chi connectivity index (χ0n) is 7.08. The summed E-state index contributed by atoms with van der Waals surface area (Å²) in [5, 5.41) is 10.8. The van der Waals surface area contributed by atoms with Gasteiger partial charge in [0.1, 0.15) is 6.61 Å². The van der Waals surface area contributed by atoms with E-state index in [1.807, 2.05) is 0 Å². The zero-order chi connectivity index (χ0) is 10.6. The van der Waals surface area contributed by atoms with Crippen LogP contribution >= 0.6 is 11.6 Å². The number of halogens is 2. The summed E-state index contributed by atoms with van der Waals surface area (Å²) in [7, 11) is 0. The normalized spacial score (nSPS) is 11.4. The van der Waals surface area contributed by atoms with Crippen LogP contribution in [0, 0.1) is 5.82 Å². The Labute approximate surface area is 84.7 Å². The monoisotopic (exact) mass is 218 g/mol. The van der Waals surface area contributed by atoms with Gasteiger partial charge in [-0.3, -0.25) is 0 Å². The maximum Gasteiger partial charge on any atom is 0.183 e. The van der Waals surface area contributed by atoms with E-state index in [0.29, 0.717) is 0 Å². The van der Waals surface area contributed by atoms with E-state index >= 15 is 0 Å². The van der Waals surface area contributed by atoms with Gasteiger partial charge < -0.3 is 15.7 Å². The number of nitrogens with zero attached hydrogens (tertiary/aromatic N) is 1. The first kappa shape index (κ1) is 10.6. The van der Waals surface area contributed by atoms with E-state index in [1.165, 1.54) is 18.2 Å². The molecule has 0 aliphatic carbocycles. The van der Waals surface area contributed by atoms with Gasteiger partial charge in [-0.05, 0) is 12.1 Å². The van der Waals surface area contributed by atoms with Crippen LogP contribution in [-0.2, 0) is 0 Å². The molecule has 0 bridgehead atoms. The van der Waals surface area contributed by atoms with Crippen molar-refractivity contribution >= 4 is 17.4 Å². The second kappa shape index (κ2) is 4.66. The summed E-state index contributed by atoms with van der Waals surface area (Å²) in [6.07, 6.45) is 0. The maximum absolute atomic E-state index is 13.2. The minimum Gasteiger partial charge on any atom is -0.482 e. The van der Waals surface area contributed by atoms with E-state index in [2.05, 4.69) is 5.16 Å². The quantitative estimate of drug-likeness (QED) is 0.351. The van der Waals surface area contributed by atoms with Crippen LogP contribution in [0.2, 0.25) is 5.02 Å². The molecule has 4 nitrogen and oxygen atoms in total. The molecule has 1 aromatic rings. The van der Waals surface area contributed by atoms with Crippen molar-refractivity contribution in [2.45, 2.75) is 0 Å². The number of benzene rings is 1. The molecule has 0 spiro atoms. The number of amidine groups is 1. The Morgan fingerprint density at radius 2 is 2.36 bits per heavy atom. The van der Waals surface area contributed by atoms with E-state index in [9.17, 15) is 4.39 Å². The predicted molar refractivity (Wildman–Crippen MR) is 50.3 cm³/mol. The summed E-state index contributed by atoms with van der Waals surface area (Å²) in [6.45, 7) is -0.201. The number of nitrogens with two attached hydrogens (primary N) is 1. The molecular formula is C8H8ClFN2O2. The van der Waals surface area contributed by atoms with Gasteiger partial charge in [0, 0.05) is 0 Å². The van der Waals surface area contributed by atoms with Crippen LogP contribution in [0.4, 0.5) is 4.39 Å². The second-order valence-electron chi connectivity index (χ2n) is 2.43. The lowest BCUT2D eigenvalue weighted by atomic mass is 10.3. The summed E-state index contributed by atoms with van der Waals surface area (Å²) in [4.78, 5) is 0. The molecule has 0 fully saturated rings. The number of hydrogen-bond donors (Lipinski definition) is 2. The number of hydrogen-bond acceptors (Lipinski definition) is 3. The predicted octanol–water partition coefficient (Wildman–Crippen LogP) is 1.60. The van der Waals surface area contributed by atoms with Gasteiger partial charge in [-0.25, -0.2) is 4.39 Å². The number of rotatable bonds is 3. The summed E-state index contributed by atoms with van der Waals surface area (Å²) >= 11 is 5.50. The van der Waals surface area contributed by atoms with Crippen LogP contribution in [0.1, 0.15) is 0 Å². The third-order valence-corrected chi connectivity index (χ3v) is 1.71. The SMILES string of the molecule is N/C(COc1cccc(Cl)c1F)=N/O. The lowest BCUT2D eigenvalue weighted by Gasteiger charge is -2.06. The van der Waals surface area contributed by atoms with Gasteiger partial charge in [0.25, 0.3) is 0 Å². The standard InChI is InChI=1S/C8H8ClFN2O2/c9-5-2-1-3-6(8(5)10)14-4-7(11)12-13/h1-3,13H,4H2,(H2,11,12). The van der Waals surface area contributed by atoms with Crippen molar-refractivity contribution in [1.82, 2.24) is 0 Å². The highest BCUT2D eigenvalue weighted by atomic mass is 35.5. The first-order valence-electron chi connectivity index (χ1n) is 3.68. The Morgan fingerprint density at radius 1 is 1.64 bits per heavy atom. The van der Waals surface area contributed by atoms with Crippen molar-refractivity contribution in [3.63, 3.8) is 0 Å². The first-order valence-corrected chi connectivity index (χ1v) is 4.06. The highest BCUT2D eigenvalue weighted by Crippen LogP contribution is 2.23. The van der Waals surface area contributed by atoms with Crippen molar-refractivity contribution in [2.24, 2.45) is 10.9 Å². The third-order valence-electron chi connectivity index (χ3n) is 1.42. The first-order chi connectivity index (χ1) is 6.65. The molecule has 0 radical (unpaired) electrons. The molecule has 0 amide bonds. The highest BCUT2D eigenvalue weighted by molar-refractivity contribution is 6.30. The van der Waals surface area contributed by atoms with Crippen LogP contribution in [0.3, 0.4) is 0 Å². The summed E-state index contributed by atoms with van der Waals surface area (Å²) in [5.41, 5.74) is 5.13. The number of oxime groups is 1. The molecule has 0 aliphatic rings. The Balaban J connectivity index is 2.73. The van der Waals surface area contributed by atoms with Crippen LogP contribution in [0.15, 0.2) is 23.4 Å². The molecule has 3 N–H and O–H groups in total. The summed E-state index contributed by atoms with van der Waals surface area (Å²) in [5.74, 6) is -0.853. The minimum absolute atomic E-state index is 0.0379. The molecule has 0 saturated carbocycles. The average molecular weight is 219 g/mol. The average Bonchev–Trinajstić information content (AvgIpc) is 2.20. The maximum atomic E-state index is 13.2. The largest absolute Gasteiger partial charge is 0.482 e. The van der Waals surface area contributed by atoms with Gasteiger partial charge in [0.2, 0.25) is 0 Å². The van der Waals surface area contributed by atoms with Gasteiger partial charge in [0.15, 0.2) is 17.4 Å². The molecule has 0 unspecified atom stereocenters. The summed E-state index contributed by atoms with van der Waals surface area (Å²) in [6, 6.07) is 4.33. The van der Waals surface area contributed by atoms with E-state index in [1.54, 1.807) is 0 Å². The smallest absolute Gasteiger partial charge is 0.183 e. The van der Waals surface area contributed by atoms with Gasteiger partial charge >= 0.3 is 0 Å². The van der Waals surface area contributed by atoms with E-state index in [0.717, 1.165) is 0 Å². The second-order valence-corrected chi connectivity index (χ2v) is 2.84. The molecule has 1 aromatic carbocycles. The summed E-state index contributed by atoms with van der Waals surface area (Å²) < 4.78 is 18.1. The number of ether oxygens (including phenoxy) is 1. The van der Waals surface area contributed by atoms with E-state index in [4.69, 9.17) is 27.3 Å². The van der Waals surface area contributed by atoms with Crippen molar-refractivity contribution < 1.29 is 14.3 Å². The van der Waals surface area contributed by atoms with Crippen LogP contribution < -0.4 is 10.5 Å². The Hall–Kier alpha value is -1.49. The van der Waals surface area contributed by atoms with Gasteiger partial charge in [-0.2, -0.15) is 0 Å². The van der Waals surface area contributed by atoms with Crippen LogP contribution in [0.25, 0.3) is 0 Å². The molecular weight excluding hydrogens is 211 g/mol. The van der Waals surface area contributed by atoms with Crippen molar-refractivity contribution in [3.8, 4) is 5.75 Å². The zero-order valence-corrected chi connectivity index (χ0v) is 7.83. The van der Waals surface area contributed by atoms with E-state index < -0.39 is 5.82 Å². The van der Waals surface area contributed by atoms with Gasteiger partial charge in [-0.15, -0.1) is 0 Å².